The average molecular weight is 399 g/mol. The van der Waals surface area contributed by atoms with Crippen LogP contribution in [-0.2, 0) is 6.18 Å². The number of likely N-dealkylation sites (tertiary alicyclic amines) is 1. The highest BCUT2D eigenvalue weighted by Crippen LogP contribution is 2.34. The van der Waals surface area contributed by atoms with Gasteiger partial charge in [0.2, 0.25) is 0 Å². The third-order valence-corrected chi connectivity index (χ3v) is 4.67. The normalized spacial score (nSPS) is 15.3. The maximum atomic E-state index is 12.9. The van der Waals surface area contributed by atoms with Gasteiger partial charge in [-0.05, 0) is 31.0 Å². The number of alkyl halides is 3. The summed E-state index contributed by atoms with van der Waals surface area (Å²) in [7, 11) is 0. The van der Waals surface area contributed by atoms with Crippen LogP contribution in [0.1, 0.15) is 41.7 Å². The number of nitrogens with one attached hydrogen (secondary N) is 1. The molecule has 1 amide bonds. The van der Waals surface area contributed by atoms with E-state index >= 15 is 0 Å². The molecule has 0 aliphatic carbocycles. The van der Waals surface area contributed by atoms with E-state index in [-0.39, 0.29) is 28.1 Å². The van der Waals surface area contributed by atoms with Crippen LogP contribution in [0.15, 0.2) is 30.6 Å². The van der Waals surface area contributed by atoms with Gasteiger partial charge in [0.1, 0.15) is 17.8 Å². The number of benzene rings is 1. The first kappa shape index (κ1) is 19.4. The van der Waals surface area contributed by atoms with Crippen molar-refractivity contribution in [1.29, 1.82) is 0 Å². The largest absolute Gasteiger partial charge is 0.416 e. The maximum absolute atomic E-state index is 12.9. The summed E-state index contributed by atoms with van der Waals surface area (Å²) in [5, 5.41) is 2.85. The molecule has 1 aliphatic rings. The van der Waals surface area contributed by atoms with Crippen molar-refractivity contribution >= 4 is 29.0 Å². The lowest BCUT2D eigenvalue weighted by Gasteiger charge is -2.20. The molecule has 0 bridgehead atoms. The predicted octanol–water partition coefficient (Wildman–Crippen LogP) is 4.91. The number of carbonyl (C=O) groups excluding carboxylic acids is 1. The van der Waals surface area contributed by atoms with E-state index < -0.39 is 11.7 Å². The number of carbonyl (C=O) groups is 1. The Kier molecular flexibility index (Phi) is 5.84. The molecule has 9 heteroatoms. The van der Waals surface area contributed by atoms with Crippen molar-refractivity contribution in [3.63, 3.8) is 0 Å². The third-order valence-electron chi connectivity index (χ3n) is 4.34. The van der Waals surface area contributed by atoms with Crippen molar-refractivity contribution in [2.24, 2.45) is 0 Å². The van der Waals surface area contributed by atoms with Gasteiger partial charge in [-0.3, -0.25) is 4.79 Å². The molecule has 0 radical (unpaired) electrons. The summed E-state index contributed by atoms with van der Waals surface area (Å²) in [6, 6.07) is 4.39. The summed E-state index contributed by atoms with van der Waals surface area (Å²) >= 11 is 5.99. The Morgan fingerprint density at radius 2 is 1.78 bits per heavy atom. The lowest BCUT2D eigenvalue weighted by Crippen LogP contribution is -2.32. The fraction of sp³-hybridized carbons (Fsp3) is 0.389. The van der Waals surface area contributed by atoms with Crippen LogP contribution in [0.2, 0.25) is 5.02 Å². The summed E-state index contributed by atoms with van der Waals surface area (Å²) in [5.74, 6) is -0.0121. The molecule has 1 saturated heterocycles. The van der Waals surface area contributed by atoms with Crippen LogP contribution in [0.5, 0.6) is 0 Å². The molecular formula is C18H18ClF3N4O. The van der Waals surface area contributed by atoms with Crippen LogP contribution < -0.4 is 5.32 Å². The molecule has 0 saturated carbocycles. The van der Waals surface area contributed by atoms with Gasteiger partial charge in [-0.15, -0.1) is 0 Å². The molecule has 5 nitrogen and oxygen atoms in total. The molecule has 144 valence electrons. The SMILES string of the molecule is O=C(c1cc(Nc2cc(C(F)(F)F)ccc2Cl)ncn1)N1CCCCCC1. The fourth-order valence-corrected chi connectivity index (χ4v) is 3.08. The Bertz CT molecular complexity index is 820. The van der Waals surface area contributed by atoms with Gasteiger partial charge in [-0.2, -0.15) is 13.2 Å². The number of nitrogens with zero attached hydrogens (tertiary/aromatic N) is 3. The quantitative estimate of drug-likeness (QED) is 0.798. The van der Waals surface area contributed by atoms with E-state index in [1.165, 1.54) is 12.4 Å². The number of aromatic nitrogens is 2. The molecule has 0 unspecified atom stereocenters. The minimum atomic E-state index is -4.49. The van der Waals surface area contributed by atoms with Gasteiger partial charge in [0, 0.05) is 19.2 Å². The second-order valence-electron chi connectivity index (χ2n) is 6.31. The molecule has 3 rings (SSSR count). The minimum absolute atomic E-state index is 0.0540. The third kappa shape index (κ3) is 4.88. The fourth-order valence-electron chi connectivity index (χ4n) is 2.91. The highest BCUT2D eigenvalue weighted by molar-refractivity contribution is 6.33. The summed E-state index contributed by atoms with van der Waals surface area (Å²) in [6.07, 6.45) is 0.793. The van der Waals surface area contributed by atoms with E-state index in [0.29, 0.717) is 13.1 Å². The minimum Gasteiger partial charge on any atom is -0.339 e. The summed E-state index contributed by atoms with van der Waals surface area (Å²) in [5.41, 5.74) is -0.583. The molecule has 2 aromatic rings. The number of rotatable bonds is 3. The smallest absolute Gasteiger partial charge is 0.339 e. The number of hydrogen-bond acceptors (Lipinski definition) is 4. The monoisotopic (exact) mass is 398 g/mol. The molecule has 27 heavy (non-hydrogen) atoms. The van der Waals surface area contributed by atoms with Gasteiger partial charge in [0.25, 0.3) is 5.91 Å². The number of anilines is 2. The molecular weight excluding hydrogens is 381 g/mol. The van der Waals surface area contributed by atoms with Gasteiger partial charge in [0.05, 0.1) is 16.3 Å². The lowest BCUT2D eigenvalue weighted by molar-refractivity contribution is -0.137. The van der Waals surface area contributed by atoms with E-state index in [4.69, 9.17) is 11.6 Å². The highest BCUT2D eigenvalue weighted by Gasteiger charge is 2.31. The van der Waals surface area contributed by atoms with E-state index in [1.807, 2.05) is 0 Å². The standard InChI is InChI=1S/C18H18ClF3N4O/c19-13-6-5-12(18(20,21)22)9-14(13)25-16-10-15(23-11-24-16)17(27)26-7-3-1-2-4-8-26/h5-6,9-11H,1-4,7-8H2,(H,23,24,25). The van der Waals surface area contributed by atoms with Crippen LogP contribution >= 0.6 is 11.6 Å². The number of amides is 1. The van der Waals surface area contributed by atoms with Crippen molar-refractivity contribution in [3.8, 4) is 0 Å². The first-order valence-electron chi connectivity index (χ1n) is 8.60. The topological polar surface area (TPSA) is 58.1 Å². The van der Waals surface area contributed by atoms with Crippen LogP contribution in [0.4, 0.5) is 24.7 Å². The molecule has 0 spiro atoms. The van der Waals surface area contributed by atoms with Crippen molar-refractivity contribution in [1.82, 2.24) is 14.9 Å². The molecule has 1 aromatic carbocycles. The first-order valence-corrected chi connectivity index (χ1v) is 8.97. The van der Waals surface area contributed by atoms with Crippen molar-refractivity contribution in [3.05, 3.63) is 46.9 Å². The Morgan fingerprint density at radius 3 is 2.44 bits per heavy atom. The summed E-state index contributed by atoms with van der Waals surface area (Å²) < 4.78 is 38.7. The predicted molar refractivity (Wildman–Crippen MR) is 96.1 cm³/mol. The Balaban J connectivity index is 1.81. The van der Waals surface area contributed by atoms with Crippen LogP contribution in [-0.4, -0.2) is 33.9 Å². The molecule has 1 aliphatic heterocycles. The van der Waals surface area contributed by atoms with Crippen molar-refractivity contribution in [2.45, 2.75) is 31.9 Å². The summed E-state index contributed by atoms with van der Waals surface area (Å²) in [4.78, 5) is 22.4. The van der Waals surface area contributed by atoms with Crippen molar-refractivity contribution in [2.75, 3.05) is 18.4 Å². The van der Waals surface area contributed by atoms with Crippen LogP contribution in [0, 0.1) is 0 Å². The second kappa shape index (κ2) is 8.12. The summed E-state index contributed by atoms with van der Waals surface area (Å²) in [6.45, 7) is 1.34. The zero-order valence-corrected chi connectivity index (χ0v) is 15.1. The maximum Gasteiger partial charge on any atom is 0.416 e. The van der Waals surface area contributed by atoms with Gasteiger partial charge in [0.15, 0.2) is 0 Å². The van der Waals surface area contributed by atoms with Crippen molar-refractivity contribution < 1.29 is 18.0 Å². The van der Waals surface area contributed by atoms with Gasteiger partial charge in [-0.1, -0.05) is 24.4 Å². The van der Waals surface area contributed by atoms with Crippen LogP contribution in [0.3, 0.4) is 0 Å². The average Bonchev–Trinajstić information content (AvgIpc) is 2.91. The van der Waals surface area contributed by atoms with Gasteiger partial charge < -0.3 is 10.2 Å². The molecule has 1 aromatic heterocycles. The highest BCUT2D eigenvalue weighted by atomic mass is 35.5. The number of halogens is 4. The van der Waals surface area contributed by atoms with Crippen LogP contribution in [0.25, 0.3) is 0 Å². The number of hydrogen-bond donors (Lipinski definition) is 1. The van der Waals surface area contributed by atoms with Gasteiger partial charge in [-0.25, -0.2) is 9.97 Å². The Hall–Kier alpha value is -2.35. The van der Waals surface area contributed by atoms with E-state index in [1.54, 1.807) is 4.90 Å². The second-order valence-corrected chi connectivity index (χ2v) is 6.72. The molecule has 0 atom stereocenters. The molecule has 2 heterocycles. The first-order chi connectivity index (χ1) is 12.8. The zero-order chi connectivity index (χ0) is 19.4. The molecule has 1 fully saturated rings. The van der Waals surface area contributed by atoms with E-state index in [9.17, 15) is 18.0 Å². The van der Waals surface area contributed by atoms with E-state index in [2.05, 4.69) is 15.3 Å². The Labute approximate surface area is 159 Å². The molecule has 1 N–H and O–H groups in total. The van der Waals surface area contributed by atoms with Gasteiger partial charge >= 0.3 is 6.18 Å². The zero-order valence-electron chi connectivity index (χ0n) is 14.4. The lowest BCUT2D eigenvalue weighted by atomic mass is 10.2. The van der Waals surface area contributed by atoms with E-state index in [0.717, 1.165) is 43.9 Å². The Morgan fingerprint density at radius 1 is 1.07 bits per heavy atom.